The van der Waals surface area contributed by atoms with Gasteiger partial charge < -0.3 is 0 Å². The van der Waals surface area contributed by atoms with Crippen LogP contribution in [0.25, 0.3) is 0 Å². The van der Waals surface area contributed by atoms with E-state index in [4.69, 9.17) is 0 Å². The second-order valence-electron chi connectivity index (χ2n) is 3.65. The van der Waals surface area contributed by atoms with Crippen LogP contribution in [0.3, 0.4) is 0 Å². The normalized spacial score (nSPS) is 16.7. The van der Waals surface area contributed by atoms with E-state index < -0.39 is 0 Å². The Balaban J connectivity index is 0.000000845. The summed E-state index contributed by atoms with van der Waals surface area (Å²) >= 11 is 1.85. The van der Waals surface area contributed by atoms with Crippen molar-refractivity contribution in [1.82, 2.24) is 0 Å². The molecule has 0 aliphatic heterocycles. The third-order valence-corrected chi connectivity index (χ3v) is 3.80. The summed E-state index contributed by atoms with van der Waals surface area (Å²) < 4.78 is 0. The molecule has 0 atom stereocenters. The summed E-state index contributed by atoms with van der Waals surface area (Å²) in [7, 11) is 0. The molecule has 0 spiro atoms. The van der Waals surface area contributed by atoms with Gasteiger partial charge in [-0.25, -0.2) is 0 Å². The van der Waals surface area contributed by atoms with E-state index in [1.165, 1.54) is 44.1 Å². The fraction of sp³-hybridized carbons (Fsp3) is 0.636. The van der Waals surface area contributed by atoms with Crippen molar-refractivity contribution >= 4 is 11.3 Å². The molecule has 0 unspecified atom stereocenters. The predicted molar refractivity (Wildman–Crippen MR) is 53.8 cm³/mol. The van der Waals surface area contributed by atoms with Crippen molar-refractivity contribution in [2.45, 2.75) is 45.4 Å². The minimum Gasteiger partial charge on any atom is -0.300 e. The van der Waals surface area contributed by atoms with Crippen molar-refractivity contribution in [2.24, 2.45) is 0 Å². The van der Waals surface area contributed by atoms with Gasteiger partial charge in [-0.05, 0) is 0 Å². The van der Waals surface area contributed by atoms with Gasteiger partial charge in [0.05, 0.1) is 0 Å². The molecule has 0 saturated heterocycles. The summed E-state index contributed by atoms with van der Waals surface area (Å²) in [5.41, 5.74) is 3.04. The van der Waals surface area contributed by atoms with E-state index in [9.17, 15) is 0 Å². The van der Waals surface area contributed by atoms with Gasteiger partial charge in [0.25, 0.3) is 0 Å². The maximum absolute atomic E-state index is 3.38. The molecule has 0 fully saturated rings. The van der Waals surface area contributed by atoms with E-state index in [1.54, 1.807) is 10.4 Å². The summed E-state index contributed by atoms with van der Waals surface area (Å²) in [6, 6.07) is 0. The van der Waals surface area contributed by atoms with E-state index in [2.05, 4.69) is 12.3 Å². The van der Waals surface area contributed by atoms with Gasteiger partial charge in [-0.1, -0.05) is 45.4 Å². The topological polar surface area (TPSA) is 0 Å². The molecule has 1 aromatic rings. The molecule has 1 aliphatic rings. The third kappa shape index (κ3) is 2.87. The first kappa shape index (κ1) is 11.9. The molecular weight excluding hydrogens is 253 g/mol. The molecule has 1 aliphatic carbocycles. The molecule has 0 bridgehead atoms. The monoisotopic (exact) mass is 268 g/mol. The van der Waals surface area contributed by atoms with Crippen LogP contribution in [0.2, 0.25) is 0 Å². The average Bonchev–Trinajstić information content (AvgIpc) is 2.31. The van der Waals surface area contributed by atoms with Gasteiger partial charge in [0.15, 0.2) is 0 Å². The number of fused-ring (bicyclic) bond motifs is 1. The first-order valence-corrected chi connectivity index (χ1v) is 5.68. The number of hydrogen-bond donors (Lipinski definition) is 0. The van der Waals surface area contributed by atoms with Crippen molar-refractivity contribution in [2.75, 3.05) is 0 Å². The zero-order valence-corrected chi connectivity index (χ0v) is 11.9. The molecule has 2 heteroatoms. The van der Waals surface area contributed by atoms with Crippen molar-refractivity contribution in [1.29, 1.82) is 0 Å². The van der Waals surface area contributed by atoms with Gasteiger partial charge in [-0.2, -0.15) is 11.1 Å². The Labute approximate surface area is 110 Å². The average molecular weight is 268 g/mol. The largest absolute Gasteiger partial charge is 0.300 e. The van der Waals surface area contributed by atoms with E-state index in [0.717, 1.165) is 0 Å². The smallest absolute Gasteiger partial charge is 0 e. The second-order valence-corrected chi connectivity index (χ2v) is 4.55. The predicted octanol–water partition coefficient (Wildman–Crippen LogP) is 3.51. The molecule has 1 heterocycles. The molecule has 1 radical (unpaired) electrons. The molecular formula is C11H15SY-. The van der Waals surface area contributed by atoms with Gasteiger partial charge in [0, 0.05) is 32.7 Å². The van der Waals surface area contributed by atoms with Crippen LogP contribution in [0.15, 0.2) is 0 Å². The third-order valence-electron chi connectivity index (χ3n) is 2.70. The summed E-state index contributed by atoms with van der Waals surface area (Å²) in [6.45, 7) is 2.21. The SMILES string of the molecule is Cc1[c-]sc2c1CCCCCC2.[Y]. The molecule has 0 amide bonds. The Bertz CT molecular complexity index is 265. The zero-order valence-electron chi connectivity index (χ0n) is 8.23. The van der Waals surface area contributed by atoms with Gasteiger partial charge >= 0.3 is 0 Å². The molecule has 0 nitrogen and oxygen atoms in total. The summed E-state index contributed by atoms with van der Waals surface area (Å²) in [5.74, 6) is 0. The Morgan fingerprint density at radius 2 is 1.77 bits per heavy atom. The zero-order chi connectivity index (χ0) is 8.39. The fourth-order valence-electron chi connectivity index (χ4n) is 1.94. The maximum atomic E-state index is 3.38. The first-order valence-electron chi connectivity index (χ1n) is 4.87. The van der Waals surface area contributed by atoms with Gasteiger partial charge in [0.1, 0.15) is 0 Å². The summed E-state index contributed by atoms with van der Waals surface area (Å²) in [6.07, 6.45) is 8.25. The van der Waals surface area contributed by atoms with E-state index in [-0.39, 0.29) is 32.7 Å². The van der Waals surface area contributed by atoms with E-state index in [1.807, 2.05) is 11.3 Å². The van der Waals surface area contributed by atoms with Crippen LogP contribution in [0.1, 0.15) is 41.7 Å². The molecule has 13 heavy (non-hydrogen) atoms. The van der Waals surface area contributed by atoms with Crippen LogP contribution >= 0.6 is 11.3 Å². The van der Waals surface area contributed by atoms with Crippen LogP contribution in [0.5, 0.6) is 0 Å². The second kappa shape index (κ2) is 5.63. The molecule has 0 saturated carbocycles. The van der Waals surface area contributed by atoms with E-state index >= 15 is 0 Å². The van der Waals surface area contributed by atoms with Crippen molar-refractivity contribution in [3.63, 3.8) is 0 Å². The van der Waals surface area contributed by atoms with E-state index in [0.29, 0.717) is 0 Å². The Hall–Kier alpha value is 0.804. The van der Waals surface area contributed by atoms with Crippen LogP contribution in [0, 0.1) is 12.3 Å². The summed E-state index contributed by atoms with van der Waals surface area (Å²) in [5, 5.41) is 3.38. The van der Waals surface area contributed by atoms with Gasteiger partial charge in [-0.15, -0.1) is 10.3 Å². The molecule has 69 valence electrons. The van der Waals surface area contributed by atoms with Crippen molar-refractivity contribution in [3.05, 3.63) is 21.4 Å². The molecule has 0 N–H and O–H groups in total. The Morgan fingerprint density at radius 1 is 1.08 bits per heavy atom. The Kier molecular flexibility index (Phi) is 5.14. The number of hydrogen-bond acceptors (Lipinski definition) is 1. The van der Waals surface area contributed by atoms with Gasteiger partial charge in [-0.3, -0.25) is 11.3 Å². The number of aryl methyl sites for hydroxylation is 2. The molecule has 1 aromatic heterocycles. The van der Waals surface area contributed by atoms with Crippen LogP contribution < -0.4 is 0 Å². The molecule has 2 rings (SSSR count). The quantitative estimate of drug-likeness (QED) is 0.632. The van der Waals surface area contributed by atoms with Crippen molar-refractivity contribution in [3.8, 4) is 0 Å². The standard InChI is InChI=1S/C11H15S.Y/c1-9-8-12-11-7-5-3-2-4-6-10(9)11;/h2-7H2,1H3;/q-1;. The molecule has 0 aromatic carbocycles. The maximum Gasteiger partial charge on any atom is 0 e. The summed E-state index contributed by atoms with van der Waals surface area (Å²) in [4.78, 5) is 1.62. The van der Waals surface area contributed by atoms with Crippen molar-refractivity contribution < 1.29 is 32.7 Å². The van der Waals surface area contributed by atoms with Crippen LogP contribution in [-0.2, 0) is 45.6 Å². The number of thiophene rings is 1. The fourth-order valence-corrected chi connectivity index (χ4v) is 2.96. The van der Waals surface area contributed by atoms with Crippen LogP contribution in [-0.4, -0.2) is 0 Å². The van der Waals surface area contributed by atoms with Crippen LogP contribution in [0.4, 0.5) is 0 Å². The minimum atomic E-state index is 0. The first-order chi connectivity index (χ1) is 5.88. The minimum absolute atomic E-state index is 0. The Morgan fingerprint density at radius 3 is 2.54 bits per heavy atom. The van der Waals surface area contributed by atoms with Gasteiger partial charge in [0.2, 0.25) is 0 Å². The number of rotatable bonds is 0.